The van der Waals surface area contributed by atoms with Gasteiger partial charge in [-0.1, -0.05) is 0 Å². The number of anilines is 1. The molecule has 0 aromatic heterocycles. The molecule has 0 unspecified atom stereocenters. The Labute approximate surface area is 136 Å². The number of aliphatic imine (C=N–C) groups is 1. The molecule has 0 aliphatic heterocycles. The molecule has 0 radical (unpaired) electrons. The van der Waals surface area contributed by atoms with Crippen LogP contribution < -0.4 is 10.2 Å². The van der Waals surface area contributed by atoms with Gasteiger partial charge in [-0.3, -0.25) is 9.59 Å². The van der Waals surface area contributed by atoms with E-state index in [2.05, 4.69) is 10.3 Å². The van der Waals surface area contributed by atoms with Crippen LogP contribution in [-0.4, -0.2) is 31.5 Å². The van der Waals surface area contributed by atoms with Gasteiger partial charge in [-0.15, -0.1) is 0 Å². The third kappa shape index (κ3) is 3.74. The number of rotatable bonds is 3. The van der Waals surface area contributed by atoms with Gasteiger partial charge in [0.1, 0.15) is 0 Å². The molecule has 5 heteroatoms. The van der Waals surface area contributed by atoms with Crippen molar-refractivity contribution >= 4 is 28.8 Å². The van der Waals surface area contributed by atoms with Gasteiger partial charge in [0, 0.05) is 32.3 Å². The fourth-order valence-corrected chi connectivity index (χ4v) is 2.39. The second kappa shape index (κ2) is 6.60. The molecule has 0 bridgehead atoms. The first-order chi connectivity index (χ1) is 10.8. The number of hydrogen-bond acceptors (Lipinski definition) is 4. The lowest BCUT2D eigenvalue weighted by atomic mass is 9.94. The van der Waals surface area contributed by atoms with Crippen molar-refractivity contribution in [2.75, 3.05) is 19.0 Å². The van der Waals surface area contributed by atoms with Gasteiger partial charge in [0.2, 0.25) is 11.7 Å². The molecule has 1 aliphatic rings. The molecule has 0 spiro atoms. The minimum absolute atomic E-state index is 0.197. The average molecular weight is 311 g/mol. The number of ketones is 1. The van der Waals surface area contributed by atoms with Crippen LogP contribution in [0.3, 0.4) is 0 Å². The molecule has 2 rings (SSSR count). The third-order valence-corrected chi connectivity index (χ3v) is 3.61. The van der Waals surface area contributed by atoms with Gasteiger partial charge < -0.3 is 10.2 Å². The molecular formula is C18H21N3O2. The molecule has 0 saturated carbocycles. The molecule has 1 aromatic carbocycles. The van der Waals surface area contributed by atoms with Gasteiger partial charge in [-0.25, -0.2) is 4.99 Å². The van der Waals surface area contributed by atoms with E-state index >= 15 is 0 Å². The van der Waals surface area contributed by atoms with Crippen LogP contribution in [0.25, 0.3) is 0 Å². The minimum atomic E-state index is -0.268. The summed E-state index contributed by atoms with van der Waals surface area (Å²) in [6.45, 7) is 5.03. The normalized spacial score (nSPS) is 16.5. The van der Waals surface area contributed by atoms with E-state index in [-0.39, 0.29) is 11.7 Å². The lowest BCUT2D eigenvalue weighted by Crippen LogP contribution is -2.30. The standard InChI is InChI=1S/C18H21N3O2/c1-11-10-16(23)18(19-13(3)22)12(2)17(11)20-14-6-8-15(9-7-14)21(4)5/h6-10H,1-5H3,(H,19,22). The average Bonchev–Trinajstić information content (AvgIpc) is 2.48. The van der Waals surface area contributed by atoms with Crippen LogP contribution in [0.15, 0.2) is 52.2 Å². The first-order valence-corrected chi connectivity index (χ1v) is 7.37. The van der Waals surface area contributed by atoms with Crippen LogP contribution in [0, 0.1) is 0 Å². The monoisotopic (exact) mass is 311 g/mol. The summed E-state index contributed by atoms with van der Waals surface area (Å²) in [5, 5.41) is 2.60. The summed E-state index contributed by atoms with van der Waals surface area (Å²) < 4.78 is 0. The van der Waals surface area contributed by atoms with Crippen molar-refractivity contribution in [2.45, 2.75) is 20.8 Å². The molecule has 120 valence electrons. The fraction of sp³-hybridized carbons (Fsp3) is 0.278. The third-order valence-electron chi connectivity index (χ3n) is 3.61. The lowest BCUT2D eigenvalue weighted by Gasteiger charge is -2.18. The topological polar surface area (TPSA) is 61.8 Å². The highest BCUT2D eigenvalue weighted by molar-refractivity contribution is 6.25. The Balaban J connectivity index is 2.42. The fourth-order valence-electron chi connectivity index (χ4n) is 2.39. The molecule has 0 fully saturated rings. The predicted molar refractivity (Wildman–Crippen MR) is 93.1 cm³/mol. The highest BCUT2D eigenvalue weighted by Gasteiger charge is 2.22. The van der Waals surface area contributed by atoms with Crippen LogP contribution in [0.1, 0.15) is 20.8 Å². The van der Waals surface area contributed by atoms with Crippen LogP contribution >= 0.6 is 0 Å². The van der Waals surface area contributed by atoms with Crippen LogP contribution in [0.5, 0.6) is 0 Å². The second-order valence-corrected chi connectivity index (χ2v) is 5.74. The lowest BCUT2D eigenvalue weighted by molar-refractivity contribution is -0.120. The summed E-state index contributed by atoms with van der Waals surface area (Å²) >= 11 is 0. The minimum Gasteiger partial charge on any atom is -0.378 e. The van der Waals surface area contributed by atoms with E-state index in [1.807, 2.05) is 50.2 Å². The summed E-state index contributed by atoms with van der Waals surface area (Å²) in [5.74, 6) is -0.465. The van der Waals surface area contributed by atoms with Gasteiger partial charge in [0.05, 0.1) is 17.1 Å². The zero-order chi connectivity index (χ0) is 17.1. The van der Waals surface area contributed by atoms with E-state index in [1.165, 1.54) is 13.0 Å². The van der Waals surface area contributed by atoms with Gasteiger partial charge in [0.15, 0.2) is 0 Å². The number of carbonyl (C=O) groups excluding carboxylic acids is 2. The largest absolute Gasteiger partial charge is 0.378 e. The molecule has 1 N–H and O–H groups in total. The van der Waals surface area contributed by atoms with E-state index in [0.717, 1.165) is 16.9 Å². The number of hydrogen-bond donors (Lipinski definition) is 1. The van der Waals surface area contributed by atoms with Crippen molar-refractivity contribution < 1.29 is 9.59 Å². The summed E-state index contributed by atoms with van der Waals surface area (Å²) in [6, 6.07) is 7.83. The maximum absolute atomic E-state index is 12.1. The number of carbonyl (C=O) groups is 2. The Kier molecular flexibility index (Phi) is 4.79. The number of benzene rings is 1. The van der Waals surface area contributed by atoms with Crippen LogP contribution in [-0.2, 0) is 9.59 Å². The maximum atomic E-state index is 12.1. The Morgan fingerprint density at radius 2 is 1.74 bits per heavy atom. The van der Waals surface area contributed by atoms with E-state index in [0.29, 0.717) is 17.0 Å². The molecule has 1 aromatic rings. The van der Waals surface area contributed by atoms with E-state index in [1.54, 1.807) is 6.92 Å². The summed E-state index contributed by atoms with van der Waals surface area (Å²) in [5.41, 5.74) is 4.37. The molecule has 0 heterocycles. The Morgan fingerprint density at radius 3 is 2.26 bits per heavy atom. The first kappa shape index (κ1) is 16.7. The molecule has 5 nitrogen and oxygen atoms in total. The number of nitrogens with zero attached hydrogens (tertiary/aromatic N) is 2. The summed E-state index contributed by atoms with van der Waals surface area (Å²) in [4.78, 5) is 30.0. The number of amides is 1. The van der Waals surface area contributed by atoms with Crippen molar-refractivity contribution in [1.29, 1.82) is 0 Å². The molecular weight excluding hydrogens is 290 g/mol. The molecule has 0 saturated heterocycles. The Morgan fingerprint density at radius 1 is 1.13 bits per heavy atom. The summed E-state index contributed by atoms with van der Waals surface area (Å²) in [6.07, 6.45) is 1.51. The highest BCUT2D eigenvalue weighted by atomic mass is 16.2. The zero-order valence-electron chi connectivity index (χ0n) is 14.1. The van der Waals surface area contributed by atoms with E-state index in [9.17, 15) is 9.59 Å². The number of allylic oxidation sites excluding steroid dienone is 3. The Hall–Kier alpha value is -2.69. The molecule has 1 aliphatic carbocycles. The molecule has 1 amide bonds. The van der Waals surface area contributed by atoms with Crippen LogP contribution in [0.4, 0.5) is 11.4 Å². The van der Waals surface area contributed by atoms with Crippen molar-refractivity contribution in [3.05, 3.63) is 47.2 Å². The van der Waals surface area contributed by atoms with Crippen molar-refractivity contribution in [2.24, 2.45) is 4.99 Å². The number of nitrogens with one attached hydrogen (secondary N) is 1. The smallest absolute Gasteiger partial charge is 0.221 e. The van der Waals surface area contributed by atoms with Gasteiger partial charge in [-0.2, -0.15) is 0 Å². The zero-order valence-corrected chi connectivity index (χ0v) is 14.1. The van der Waals surface area contributed by atoms with Gasteiger partial charge in [-0.05, 0) is 49.8 Å². The van der Waals surface area contributed by atoms with E-state index < -0.39 is 0 Å². The quantitative estimate of drug-likeness (QED) is 0.873. The van der Waals surface area contributed by atoms with Crippen molar-refractivity contribution in [1.82, 2.24) is 5.32 Å². The predicted octanol–water partition coefficient (Wildman–Crippen LogP) is 2.76. The summed E-state index contributed by atoms with van der Waals surface area (Å²) in [7, 11) is 3.96. The van der Waals surface area contributed by atoms with Gasteiger partial charge in [0.25, 0.3) is 0 Å². The SMILES string of the molecule is CC(=O)NC1=C(C)C(=Nc2ccc(N(C)C)cc2)C(C)=CC1=O. The Bertz CT molecular complexity index is 738. The second-order valence-electron chi connectivity index (χ2n) is 5.74. The van der Waals surface area contributed by atoms with E-state index in [4.69, 9.17) is 0 Å². The molecule has 23 heavy (non-hydrogen) atoms. The maximum Gasteiger partial charge on any atom is 0.221 e. The van der Waals surface area contributed by atoms with Gasteiger partial charge >= 0.3 is 0 Å². The highest BCUT2D eigenvalue weighted by Crippen LogP contribution is 2.24. The van der Waals surface area contributed by atoms with Crippen LogP contribution in [0.2, 0.25) is 0 Å². The van der Waals surface area contributed by atoms with Crippen molar-refractivity contribution in [3.63, 3.8) is 0 Å². The first-order valence-electron chi connectivity index (χ1n) is 7.37. The van der Waals surface area contributed by atoms with Crippen molar-refractivity contribution in [3.8, 4) is 0 Å². The molecule has 0 atom stereocenters.